The summed E-state index contributed by atoms with van der Waals surface area (Å²) in [6.07, 6.45) is 7.86. The molecule has 8 nitrogen and oxygen atoms in total. The number of hydrogen-bond donors (Lipinski definition) is 5. The van der Waals surface area contributed by atoms with E-state index in [1.54, 1.807) is 18.2 Å². The third kappa shape index (κ3) is 8.19. The van der Waals surface area contributed by atoms with Gasteiger partial charge in [0.1, 0.15) is 22.8 Å². The molecule has 0 saturated carbocycles. The third-order valence-corrected chi connectivity index (χ3v) is 7.70. The number of rotatable bonds is 10. The molecule has 1 heterocycles. The first-order valence-corrected chi connectivity index (χ1v) is 14.0. The van der Waals surface area contributed by atoms with E-state index >= 15 is 0 Å². The number of carbonyl (C=O) groups excluding carboxylic acids is 1. The second-order valence-corrected chi connectivity index (χ2v) is 10.9. The zero-order valence-corrected chi connectivity index (χ0v) is 25.5. The van der Waals surface area contributed by atoms with Gasteiger partial charge in [-0.2, -0.15) is 0 Å². The number of amides is 1. The smallest absolute Gasteiger partial charge is 0.248 e. The van der Waals surface area contributed by atoms with E-state index in [1.807, 2.05) is 57.2 Å². The van der Waals surface area contributed by atoms with Crippen molar-refractivity contribution in [2.75, 3.05) is 17.2 Å². The first-order chi connectivity index (χ1) is 19.5. The fourth-order valence-corrected chi connectivity index (χ4v) is 5.09. The number of hydrogen-bond acceptors (Lipinski definition) is 5. The number of anilines is 2. The molecule has 0 saturated heterocycles. The van der Waals surface area contributed by atoms with Crippen molar-refractivity contribution in [2.45, 2.75) is 65.4 Å². The topological polar surface area (TPSA) is 130 Å². The Morgan fingerprint density at radius 3 is 2.33 bits per heavy atom. The van der Waals surface area contributed by atoms with Gasteiger partial charge in [0.2, 0.25) is 5.91 Å². The first-order valence-electron chi connectivity index (χ1n) is 14.0. The van der Waals surface area contributed by atoms with Crippen molar-refractivity contribution in [1.29, 1.82) is 5.41 Å². The molecule has 6 N–H and O–H groups in total. The highest BCUT2D eigenvalue weighted by Crippen LogP contribution is 2.44. The minimum absolute atomic E-state index is 0. The van der Waals surface area contributed by atoms with Crippen molar-refractivity contribution in [1.82, 2.24) is 0 Å². The van der Waals surface area contributed by atoms with Crippen molar-refractivity contribution in [3.63, 3.8) is 0 Å². The highest BCUT2D eigenvalue weighted by atomic mass is 35.5. The molecule has 0 bridgehead atoms. The van der Waals surface area contributed by atoms with E-state index in [4.69, 9.17) is 20.6 Å². The van der Waals surface area contributed by atoms with Crippen LogP contribution in [-0.4, -0.2) is 29.2 Å². The molecule has 1 aliphatic rings. The predicted molar refractivity (Wildman–Crippen MR) is 172 cm³/mol. The quantitative estimate of drug-likeness (QED) is 0.0743. The number of phenolic OH excluding ortho intramolecular Hbond substituents is 1. The van der Waals surface area contributed by atoms with Crippen LogP contribution in [0.3, 0.4) is 0 Å². The highest BCUT2D eigenvalue weighted by Gasteiger charge is 2.34. The standard InChI is InChI=1S/C33H40N4O4.ClH/c1-21-22(2)31-28(23(3)30(21)39)17-19-33(4,41-31)18-5-6-20-40-27-14-12-25(13-15-27)36-29(38)16-9-24-7-10-26(11-8-24)37-32(34)35;/h7-16,39H,5-6,17-20H2,1-4H3,(H,36,38)(H4,34,35,37);1H. The fraction of sp³-hybridized carbons (Fsp3) is 0.333. The van der Waals surface area contributed by atoms with Gasteiger partial charge in [-0.1, -0.05) is 12.1 Å². The largest absolute Gasteiger partial charge is 0.507 e. The summed E-state index contributed by atoms with van der Waals surface area (Å²) < 4.78 is 12.5. The molecule has 3 aromatic rings. The Morgan fingerprint density at radius 2 is 1.67 bits per heavy atom. The molecule has 1 aliphatic heterocycles. The molecule has 224 valence electrons. The lowest BCUT2D eigenvalue weighted by Crippen LogP contribution is -2.37. The molecular weight excluding hydrogens is 552 g/mol. The Morgan fingerprint density at radius 1 is 1.02 bits per heavy atom. The van der Waals surface area contributed by atoms with Gasteiger partial charge in [0.05, 0.1) is 6.61 Å². The zero-order chi connectivity index (χ0) is 29.6. The van der Waals surface area contributed by atoms with Gasteiger partial charge < -0.3 is 30.9 Å². The number of ether oxygens (including phenoxy) is 2. The average molecular weight is 593 g/mol. The predicted octanol–water partition coefficient (Wildman–Crippen LogP) is 7.03. The van der Waals surface area contributed by atoms with E-state index in [0.29, 0.717) is 23.7 Å². The van der Waals surface area contributed by atoms with Gasteiger partial charge in [-0.3, -0.25) is 10.2 Å². The van der Waals surface area contributed by atoms with E-state index in [2.05, 4.69) is 17.6 Å². The summed E-state index contributed by atoms with van der Waals surface area (Å²) >= 11 is 0. The molecule has 0 aliphatic carbocycles. The van der Waals surface area contributed by atoms with Crippen LogP contribution in [0.15, 0.2) is 54.6 Å². The number of aromatic hydroxyl groups is 1. The second-order valence-electron chi connectivity index (χ2n) is 10.9. The van der Waals surface area contributed by atoms with Gasteiger partial charge >= 0.3 is 0 Å². The Kier molecular flexibility index (Phi) is 10.9. The summed E-state index contributed by atoms with van der Waals surface area (Å²) in [5, 5.41) is 23.2. The lowest BCUT2D eigenvalue weighted by Gasteiger charge is -2.38. The summed E-state index contributed by atoms with van der Waals surface area (Å²) in [5.41, 5.74) is 11.3. The SMILES string of the molecule is Cc1c(C)c2c(c(C)c1O)CCC(C)(CCCCOc1ccc(NC(=O)C=Cc3ccc(NC(=N)N)cc3)cc1)O2.Cl. The zero-order valence-electron chi connectivity index (χ0n) is 24.7. The van der Waals surface area contributed by atoms with Gasteiger partial charge in [0, 0.05) is 23.0 Å². The number of halogens is 1. The molecule has 1 atom stereocenters. The number of fused-ring (bicyclic) bond motifs is 1. The molecule has 1 unspecified atom stereocenters. The van der Waals surface area contributed by atoms with Gasteiger partial charge in [0.25, 0.3) is 0 Å². The Hall–Kier alpha value is -4.17. The van der Waals surface area contributed by atoms with Crippen LogP contribution in [0.4, 0.5) is 11.4 Å². The molecule has 3 aromatic carbocycles. The van der Waals surface area contributed by atoms with Crippen LogP contribution < -0.4 is 25.8 Å². The molecule has 0 radical (unpaired) electrons. The number of unbranched alkanes of at least 4 members (excludes halogenated alkanes) is 1. The number of benzene rings is 3. The van der Waals surface area contributed by atoms with Gasteiger partial charge in [-0.05, 0) is 125 Å². The normalized spacial score (nSPS) is 15.7. The van der Waals surface area contributed by atoms with Gasteiger partial charge in [-0.15, -0.1) is 12.4 Å². The second kappa shape index (κ2) is 14.1. The van der Waals surface area contributed by atoms with E-state index in [1.165, 1.54) is 6.08 Å². The molecule has 0 spiro atoms. The lowest BCUT2D eigenvalue weighted by atomic mass is 9.85. The highest BCUT2D eigenvalue weighted by molar-refractivity contribution is 6.02. The third-order valence-electron chi connectivity index (χ3n) is 7.70. The van der Waals surface area contributed by atoms with Crippen molar-refractivity contribution in [3.05, 3.63) is 82.4 Å². The fourth-order valence-electron chi connectivity index (χ4n) is 5.09. The van der Waals surface area contributed by atoms with E-state index in [-0.39, 0.29) is 29.9 Å². The number of phenols is 1. The van der Waals surface area contributed by atoms with E-state index < -0.39 is 0 Å². The number of nitrogens with one attached hydrogen (secondary N) is 3. The minimum atomic E-state index is -0.233. The monoisotopic (exact) mass is 592 g/mol. The number of carbonyl (C=O) groups is 1. The van der Waals surface area contributed by atoms with Crippen molar-refractivity contribution in [3.8, 4) is 17.2 Å². The summed E-state index contributed by atoms with van der Waals surface area (Å²) in [6, 6.07) is 14.6. The maximum absolute atomic E-state index is 12.3. The summed E-state index contributed by atoms with van der Waals surface area (Å²) in [6.45, 7) is 8.73. The average Bonchev–Trinajstić information content (AvgIpc) is 2.95. The lowest BCUT2D eigenvalue weighted by molar-refractivity contribution is -0.111. The number of guanidine groups is 1. The summed E-state index contributed by atoms with van der Waals surface area (Å²) in [7, 11) is 0. The Labute approximate surface area is 254 Å². The van der Waals surface area contributed by atoms with Gasteiger partial charge in [-0.25, -0.2) is 0 Å². The van der Waals surface area contributed by atoms with Crippen LogP contribution in [0.1, 0.15) is 60.4 Å². The van der Waals surface area contributed by atoms with Crippen molar-refractivity contribution < 1.29 is 19.4 Å². The van der Waals surface area contributed by atoms with E-state index in [9.17, 15) is 9.90 Å². The molecule has 4 rings (SSSR count). The van der Waals surface area contributed by atoms with Crippen LogP contribution in [-0.2, 0) is 11.2 Å². The van der Waals surface area contributed by atoms with Crippen LogP contribution in [0, 0.1) is 26.2 Å². The van der Waals surface area contributed by atoms with Crippen molar-refractivity contribution in [2.24, 2.45) is 5.73 Å². The molecular formula is C33H41ClN4O4. The van der Waals surface area contributed by atoms with Crippen LogP contribution >= 0.6 is 12.4 Å². The summed E-state index contributed by atoms with van der Waals surface area (Å²) in [5.74, 6) is 1.74. The maximum atomic E-state index is 12.3. The van der Waals surface area contributed by atoms with Crippen LogP contribution in [0.25, 0.3) is 6.08 Å². The van der Waals surface area contributed by atoms with Crippen LogP contribution in [0.5, 0.6) is 17.2 Å². The van der Waals surface area contributed by atoms with Crippen LogP contribution in [0.2, 0.25) is 0 Å². The Bertz CT molecular complexity index is 1440. The number of nitrogens with two attached hydrogens (primary N) is 1. The van der Waals surface area contributed by atoms with Crippen molar-refractivity contribution >= 4 is 41.7 Å². The Balaban J connectivity index is 0.00000484. The molecule has 9 heteroatoms. The molecule has 42 heavy (non-hydrogen) atoms. The molecule has 1 amide bonds. The van der Waals surface area contributed by atoms with Gasteiger partial charge in [0.15, 0.2) is 5.96 Å². The summed E-state index contributed by atoms with van der Waals surface area (Å²) in [4.78, 5) is 12.3. The molecule has 0 aromatic heterocycles. The minimum Gasteiger partial charge on any atom is -0.507 e. The van der Waals surface area contributed by atoms with E-state index in [0.717, 1.165) is 71.4 Å². The first kappa shape index (κ1) is 32.3. The maximum Gasteiger partial charge on any atom is 0.248 e. The molecule has 0 fully saturated rings.